The maximum absolute atomic E-state index is 10.1. The minimum atomic E-state index is -0.146. The summed E-state index contributed by atoms with van der Waals surface area (Å²) in [6.45, 7) is 4.08. The second kappa shape index (κ2) is 6.89. The lowest BCUT2D eigenvalue weighted by Crippen LogP contribution is -2.19. The summed E-state index contributed by atoms with van der Waals surface area (Å²) in [6.07, 6.45) is 1.60. The van der Waals surface area contributed by atoms with E-state index < -0.39 is 0 Å². The Hall–Kier alpha value is -1.62. The van der Waals surface area contributed by atoms with E-state index in [2.05, 4.69) is 10.3 Å². The molecule has 1 heterocycles. The van der Waals surface area contributed by atoms with Crippen LogP contribution in [0, 0.1) is 6.92 Å². The molecule has 21 heavy (non-hydrogen) atoms. The summed E-state index contributed by atoms with van der Waals surface area (Å²) in [5, 5.41) is 23.5. The van der Waals surface area contributed by atoms with Gasteiger partial charge in [-0.1, -0.05) is 23.7 Å². The van der Waals surface area contributed by atoms with Crippen LogP contribution in [0.15, 0.2) is 30.5 Å². The van der Waals surface area contributed by atoms with E-state index in [9.17, 15) is 10.2 Å². The zero-order chi connectivity index (χ0) is 15.4. The maximum Gasteiger partial charge on any atom is 0.141 e. The van der Waals surface area contributed by atoms with Gasteiger partial charge in [0.15, 0.2) is 0 Å². The first-order valence-electron chi connectivity index (χ1n) is 6.79. The van der Waals surface area contributed by atoms with Gasteiger partial charge >= 0.3 is 0 Å². The molecular formula is C16H19ClN2O2. The number of benzene rings is 1. The quantitative estimate of drug-likeness (QED) is 0.794. The highest BCUT2D eigenvalue weighted by molar-refractivity contribution is 6.30. The molecule has 1 atom stereocenters. The molecule has 0 saturated heterocycles. The Bertz CT molecular complexity index is 614. The van der Waals surface area contributed by atoms with Crippen molar-refractivity contribution in [1.82, 2.24) is 10.3 Å². The van der Waals surface area contributed by atoms with Crippen molar-refractivity contribution in [3.8, 4) is 5.75 Å². The molecule has 1 unspecified atom stereocenters. The van der Waals surface area contributed by atoms with Gasteiger partial charge in [0, 0.05) is 34.9 Å². The van der Waals surface area contributed by atoms with Gasteiger partial charge in [0.05, 0.1) is 12.3 Å². The van der Waals surface area contributed by atoms with Crippen molar-refractivity contribution in [2.45, 2.75) is 33.0 Å². The summed E-state index contributed by atoms with van der Waals surface area (Å²) in [4.78, 5) is 4.05. The average Bonchev–Trinajstić information content (AvgIpc) is 2.49. The van der Waals surface area contributed by atoms with Crippen LogP contribution in [0.3, 0.4) is 0 Å². The van der Waals surface area contributed by atoms with Crippen molar-refractivity contribution in [1.29, 1.82) is 0 Å². The normalized spacial score (nSPS) is 12.4. The highest BCUT2D eigenvalue weighted by Gasteiger charge is 2.13. The van der Waals surface area contributed by atoms with E-state index in [4.69, 9.17) is 11.6 Å². The predicted octanol–water partition coefficient (Wildman–Crippen LogP) is 3.09. The van der Waals surface area contributed by atoms with Crippen molar-refractivity contribution >= 4 is 11.6 Å². The third kappa shape index (κ3) is 3.73. The number of hydrogen-bond acceptors (Lipinski definition) is 4. The minimum absolute atomic E-state index is 0.0988. The van der Waals surface area contributed by atoms with Crippen molar-refractivity contribution in [2.75, 3.05) is 0 Å². The van der Waals surface area contributed by atoms with E-state index >= 15 is 0 Å². The van der Waals surface area contributed by atoms with Gasteiger partial charge in [0.25, 0.3) is 0 Å². The van der Waals surface area contributed by atoms with E-state index in [0.29, 0.717) is 28.4 Å². The van der Waals surface area contributed by atoms with Crippen LogP contribution < -0.4 is 5.32 Å². The number of aryl methyl sites for hydroxylation is 1. The molecule has 0 radical (unpaired) electrons. The fourth-order valence-electron chi connectivity index (χ4n) is 2.14. The van der Waals surface area contributed by atoms with Gasteiger partial charge in [-0.25, -0.2) is 0 Å². The molecule has 4 nitrogen and oxygen atoms in total. The Kier molecular flexibility index (Phi) is 5.17. The van der Waals surface area contributed by atoms with Gasteiger partial charge in [-0.3, -0.25) is 4.98 Å². The number of halogens is 1. The van der Waals surface area contributed by atoms with Gasteiger partial charge in [0.2, 0.25) is 0 Å². The molecule has 2 rings (SSSR count). The Morgan fingerprint density at radius 2 is 1.95 bits per heavy atom. The minimum Gasteiger partial charge on any atom is -0.506 e. The molecule has 2 aromatic rings. The first-order chi connectivity index (χ1) is 10.0. The predicted molar refractivity (Wildman–Crippen MR) is 83.3 cm³/mol. The summed E-state index contributed by atoms with van der Waals surface area (Å²) in [7, 11) is 0. The van der Waals surface area contributed by atoms with Crippen LogP contribution in [0.5, 0.6) is 5.75 Å². The van der Waals surface area contributed by atoms with Gasteiger partial charge in [-0.2, -0.15) is 0 Å². The van der Waals surface area contributed by atoms with Crippen LogP contribution in [0.25, 0.3) is 0 Å². The first kappa shape index (κ1) is 15.8. The molecule has 0 aliphatic heterocycles. The molecule has 1 aromatic carbocycles. The molecule has 0 aliphatic carbocycles. The summed E-state index contributed by atoms with van der Waals surface area (Å²) in [5.74, 6) is 0.136. The van der Waals surface area contributed by atoms with E-state index in [-0.39, 0.29) is 18.4 Å². The number of nitrogens with one attached hydrogen (secondary N) is 1. The SMILES string of the molecule is Cc1ncc(CO)c(CNC(C)c2ccc(Cl)cc2)c1O. The molecule has 3 N–H and O–H groups in total. The largest absolute Gasteiger partial charge is 0.506 e. The number of hydrogen-bond donors (Lipinski definition) is 3. The highest BCUT2D eigenvalue weighted by atomic mass is 35.5. The van der Waals surface area contributed by atoms with E-state index in [1.54, 1.807) is 13.1 Å². The zero-order valence-electron chi connectivity index (χ0n) is 12.1. The fourth-order valence-corrected chi connectivity index (χ4v) is 2.27. The standard InChI is InChI=1S/C16H19ClN2O2/c1-10(12-3-5-14(17)6-4-12)19-8-15-13(9-20)7-18-11(2)16(15)21/h3-7,10,19-21H,8-9H2,1-2H3. The van der Waals surface area contributed by atoms with Gasteiger partial charge in [-0.05, 0) is 31.5 Å². The Balaban J connectivity index is 2.12. The smallest absolute Gasteiger partial charge is 0.141 e. The van der Waals surface area contributed by atoms with E-state index in [0.717, 1.165) is 5.56 Å². The number of nitrogens with zero attached hydrogens (tertiary/aromatic N) is 1. The first-order valence-corrected chi connectivity index (χ1v) is 7.16. The molecule has 0 spiro atoms. The molecular weight excluding hydrogens is 288 g/mol. The second-order valence-electron chi connectivity index (χ2n) is 5.01. The van der Waals surface area contributed by atoms with E-state index in [1.807, 2.05) is 31.2 Å². The third-order valence-corrected chi connectivity index (χ3v) is 3.81. The number of aliphatic hydroxyl groups is 1. The number of aliphatic hydroxyl groups excluding tert-OH is 1. The molecule has 0 saturated carbocycles. The molecule has 0 aliphatic rings. The Labute approximate surface area is 129 Å². The monoisotopic (exact) mass is 306 g/mol. The summed E-state index contributed by atoms with van der Waals surface area (Å²) in [6, 6.07) is 7.72. The molecule has 1 aromatic heterocycles. The van der Waals surface area contributed by atoms with Crippen LogP contribution in [-0.2, 0) is 13.2 Å². The number of aromatic nitrogens is 1. The number of pyridine rings is 1. The summed E-state index contributed by atoms with van der Waals surface area (Å²) >= 11 is 5.88. The lowest BCUT2D eigenvalue weighted by molar-refractivity contribution is 0.278. The molecule has 0 fully saturated rings. The second-order valence-corrected chi connectivity index (χ2v) is 5.44. The van der Waals surface area contributed by atoms with Crippen molar-refractivity contribution < 1.29 is 10.2 Å². The Morgan fingerprint density at radius 1 is 1.29 bits per heavy atom. The van der Waals surface area contributed by atoms with Gasteiger partial charge in [-0.15, -0.1) is 0 Å². The third-order valence-electron chi connectivity index (χ3n) is 3.56. The lowest BCUT2D eigenvalue weighted by Gasteiger charge is -2.17. The van der Waals surface area contributed by atoms with Crippen LogP contribution in [0.1, 0.15) is 35.3 Å². The number of rotatable bonds is 5. The van der Waals surface area contributed by atoms with Crippen molar-refractivity contribution in [3.05, 3.63) is 57.9 Å². The number of aromatic hydroxyl groups is 1. The van der Waals surface area contributed by atoms with Crippen molar-refractivity contribution in [2.24, 2.45) is 0 Å². The lowest BCUT2D eigenvalue weighted by atomic mass is 10.1. The van der Waals surface area contributed by atoms with E-state index in [1.165, 1.54) is 0 Å². The van der Waals surface area contributed by atoms with Crippen LogP contribution in [0.2, 0.25) is 5.02 Å². The molecule has 112 valence electrons. The molecule has 5 heteroatoms. The fraction of sp³-hybridized carbons (Fsp3) is 0.312. The van der Waals surface area contributed by atoms with Crippen molar-refractivity contribution in [3.63, 3.8) is 0 Å². The van der Waals surface area contributed by atoms with Gasteiger partial charge < -0.3 is 15.5 Å². The zero-order valence-corrected chi connectivity index (χ0v) is 12.9. The summed E-state index contributed by atoms with van der Waals surface area (Å²) in [5.41, 5.74) is 2.98. The maximum atomic E-state index is 10.1. The van der Waals surface area contributed by atoms with Crippen LogP contribution in [-0.4, -0.2) is 15.2 Å². The average molecular weight is 307 g/mol. The Morgan fingerprint density at radius 3 is 2.57 bits per heavy atom. The summed E-state index contributed by atoms with van der Waals surface area (Å²) < 4.78 is 0. The van der Waals surface area contributed by atoms with Crippen LogP contribution >= 0.6 is 11.6 Å². The molecule has 0 bridgehead atoms. The van der Waals surface area contributed by atoms with Crippen LogP contribution in [0.4, 0.5) is 0 Å². The molecule has 0 amide bonds. The highest BCUT2D eigenvalue weighted by Crippen LogP contribution is 2.25. The topological polar surface area (TPSA) is 65.4 Å². The van der Waals surface area contributed by atoms with Gasteiger partial charge in [0.1, 0.15) is 5.75 Å².